The third-order valence-corrected chi connectivity index (χ3v) is 4.59. The van der Waals surface area contributed by atoms with E-state index in [4.69, 9.17) is 0 Å². The van der Waals surface area contributed by atoms with E-state index in [0.29, 0.717) is 18.2 Å². The summed E-state index contributed by atoms with van der Waals surface area (Å²) in [7, 11) is 0. The maximum Gasteiger partial charge on any atom is 0.271 e. The first-order valence-electron chi connectivity index (χ1n) is 9.37. The molecule has 0 saturated heterocycles. The Morgan fingerprint density at radius 2 is 1.77 bits per heavy atom. The monoisotopic (exact) mass is 401 g/mol. The molecule has 2 N–H and O–H groups in total. The van der Waals surface area contributed by atoms with E-state index in [0.717, 1.165) is 16.6 Å². The van der Waals surface area contributed by atoms with Crippen LogP contribution < -0.4 is 10.6 Å². The Balaban J connectivity index is 1.55. The van der Waals surface area contributed by atoms with Crippen LogP contribution in [0.3, 0.4) is 0 Å². The minimum atomic E-state index is -0.495. The Hall–Kier alpha value is -4.20. The number of benzene rings is 3. The van der Waals surface area contributed by atoms with Crippen molar-refractivity contribution in [2.24, 2.45) is 0 Å². The zero-order valence-corrected chi connectivity index (χ0v) is 16.0. The van der Waals surface area contributed by atoms with Crippen LogP contribution in [0.4, 0.5) is 17.3 Å². The lowest BCUT2D eigenvalue weighted by atomic mass is 10.2. The smallest absolute Gasteiger partial charge is 0.271 e. The van der Waals surface area contributed by atoms with Gasteiger partial charge in [-0.25, -0.2) is 4.98 Å². The number of amides is 1. The van der Waals surface area contributed by atoms with Gasteiger partial charge in [-0.1, -0.05) is 48.5 Å². The number of rotatable bonds is 7. The molecule has 8 heteroatoms. The number of nitro benzene ring substituents is 1. The number of carbonyl (C=O) groups is 1. The second kappa shape index (κ2) is 8.44. The van der Waals surface area contributed by atoms with Crippen LogP contribution in [0.2, 0.25) is 0 Å². The number of hydrogen-bond donors (Lipinski definition) is 2. The lowest BCUT2D eigenvalue weighted by Gasteiger charge is -2.11. The number of nitrogens with one attached hydrogen (secondary N) is 2. The molecule has 0 saturated carbocycles. The van der Waals surface area contributed by atoms with Gasteiger partial charge in [-0.15, -0.1) is 0 Å². The Morgan fingerprint density at radius 1 is 1.00 bits per heavy atom. The summed E-state index contributed by atoms with van der Waals surface area (Å²) in [4.78, 5) is 27.7. The number of para-hydroxylation sites is 2. The summed E-state index contributed by atoms with van der Waals surface area (Å²) < 4.78 is 1.80. The van der Waals surface area contributed by atoms with Gasteiger partial charge in [0.05, 0.1) is 16.0 Å². The summed E-state index contributed by atoms with van der Waals surface area (Å²) in [5, 5.41) is 17.0. The van der Waals surface area contributed by atoms with E-state index in [1.807, 2.05) is 54.6 Å². The summed E-state index contributed by atoms with van der Waals surface area (Å²) in [6.07, 6.45) is 0. The van der Waals surface area contributed by atoms with Gasteiger partial charge in [0.1, 0.15) is 6.54 Å². The second-order valence-electron chi connectivity index (χ2n) is 6.71. The Morgan fingerprint density at radius 3 is 2.57 bits per heavy atom. The predicted octanol–water partition coefficient (Wildman–Crippen LogP) is 4.20. The van der Waals surface area contributed by atoms with Crippen molar-refractivity contribution in [3.05, 3.63) is 94.5 Å². The van der Waals surface area contributed by atoms with Crippen molar-refractivity contribution in [3.8, 4) is 0 Å². The third kappa shape index (κ3) is 4.27. The van der Waals surface area contributed by atoms with Crippen LogP contribution in [0.15, 0.2) is 78.9 Å². The molecule has 0 unspecified atom stereocenters. The maximum absolute atomic E-state index is 12.7. The highest BCUT2D eigenvalue weighted by molar-refractivity contribution is 5.92. The summed E-state index contributed by atoms with van der Waals surface area (Å²) in [6, 6.07) is 23.3. The quantitative estimate of drug-likeness (QED) is 0.357. The molecule has 0 spiro atoms. The van der Waals surface area contributed by atoms with E-state index in [1.54, 1.807) is 10.6 Å². The van der Waals surface area contributed by atoms with Crippen LogP contribution in [0.5, 0.6) is 0 Å². The van der Waals surface area contributed by atoms with Crippen molar-refractivity contribution in [2.45, 2.75) is 13.1 Å². The molecule has 0 aliphatic heterocycles. The number of carbonyl (C=O) groups excluding carboxylic acids is 1. The van der Waals surface area contributed by atoms with E-state index in [1.165, 1.54) is 18.2 Å². The SMILES string of the molecule is O=C(Cn1c(NCc2ccccc2)nc2ccccc21)Nc1cccc([N+](=O)[O-])c1. The molecule has 3 aromatic carbocycles. The maximum atomic E-state index is 12.7. The molecular formula is C22H19N5O3. The molecule has 30 heavy (non-hydrogen) atoms. The Kier molecular flexibility index (Phi) is 5.38. The summed E-state index contributed by atoms with van der Waals surface area (Å²) in [5.41, 5.74) is 2.99. The molecule has 0 aliphatic rings. The topological polar surface area (TPSA) is 102 Å². The van der Waals surface area contributed by atoms with Gasteiger partial charge in [0.2, 0.25) is 11.9 Å². The molecule has 0 atom stereocenters. The van der Waals surface area contributed by atoms with Crippen LogP contribution in [-0.4, -0.2) is 20.4 Å². The fourth-order valence-electron chi connectivity index (χ4n) is 3.19. The van der Waals surface area contributed by atoms with Gasteiger partial charge in [0, 0.05) is 24.4 Å². The van der Waals surface area contributed by atoms with Gasteiger partial charge < -0.3 is 15.2 Å². The van der Waals surface area contributed by atoms with Gasteiger partial charge >= 0.3 is 0 Å². The number of non-ortho nitro benzene ring substituents is 1. The van der Waals surface area contributed by atoms with E-state index in [9.17, 15) is 14.9 Å². The first-order valence-corrected chi connectivity index (χ1v) is 9.37. The number of aromatic nitrogens is 2. The van der Waals surface area contributed by atoms with Gasteiger partial charge in [0.15, 0.2) is 0 Å². The van der Waals surface area contributed by atoms with Gasteiger partial charge in [-0.3, -0.25) is 14.9 Å². The number of hydrogen-bond acceptors (Lipinski definition) is 5. The molecule has 0 bridgehead atoms. The van der Waals surface area contributed by atoms with Crippen molar-refractivity contribution >= 4 is 34.3 Å². The van der Waals surface area contributed by atoms with Crippen molar-refractivity contribution in [2.75, 3.05) is 10.6 Å². The number of nitro groups is 1. The molecule has 150 valence electrons. The Labute approximate surface area is 172 Å². The molecule has 0 aliphatic carbocycles. The second-order valence-corrected chi connectivity index (χ2v) is 6.71. The number of imidazole rings is 1. The zero-order valence-electron chi connectivity index (χ0n) is 16.0. The summed E-state index contributed by atoms with van der Waals surface area (Å²) in [6.45, 7) is 0.580. The summed E-state index contributed by atoms with van der Waals surface area (Å²) in [5.74, 6) is 0.274. The van der Waals surface area contributed by atoms with Crippen molar-refractivity contribution < 1.29 is 9.72 Å². The van der Waals surface area contributed by atoms with E-state index >= 15 is 0 Å². The van der Waals surface area contributed by atoms with E-state index < -0.39 is 4.92 Å². The van der Waals surface area contributed by atoms with Crippen LogP contribution in [0, 0.1) is 10.1 Å². The van der Waals surface area contributed by atoms with Crippen molar-refractivity contribution in [1.29, 1.82) is 0 Å². The molecule has 0 radical (unpaired) electrons. The fourth-order valence-corrected chi connectivity index (χ4v) is 3.19. The van der Waals surface area contributed by atoms with Crippen LogP contribution in [-0.2, 0) is 17.9 Å². The molecule has 0 fully saturated rings. The number of nitrogens with zero attached hydrogens (tertiary/aromatic N) is 3. The first kappa shape index (κ1) is 19.1. The first-order chi connectivity index (χ1) is 14.6. The van der Waals surface area contributed by atoms with Crippen LogP contribution >= 0.6 is 0 Å². The largest absolute Gasteiger partial charge is 0.352 e. The van der Waals surface area contributed by atoms with Gasteiger partial charge in [-0.2, -0.15) is 0 Å². The third-order valence-electron chi connectivity index (χ3n) is 4.59. The highest BCUT2D eigenvalue weighted by atomic mass is 16.6. The fraction of sp³-hybridized carbons (Fsp3) is 0.0909. The molecule has 1 aromatic heterocycles. The van der Waals surface area contributed by atoms with Gasteiger partial charge in [0.25, 0.3) is 5.69 Å². The molecular weight excluding hydrogens is 382 g/mol. The molecule has 1 amide bonds. The molecule has 4 aromatic rings. The number of anilines is 2. The molecule has 4 rings (SSSR count). The highest BCUT2D eigenvalue weighted by Crippen LogP contribution is 2.21. The van der Waals surface area contributed by atoms with Crippen molar-refractivity contribution in [3.63, 3.8) is 0 Å². The lowest BCUT2D eigenvalue weighted by Crippen LogP contribution is -2.20. The predicted molar refractivity (Wildman–Crippen MR) is 115 cm³/mol. The normalized spacial score (nSPS) is 10.7. The van der Waals surface area contributed by atoms with Crippen LogP contribution in [0.25, 0.3) is 11.0 Å². The minimum Gasteiger partial charge on any atom is -0.352 e. The minimum absolute atomic E-state index is 0.0142. The average molecular weight is 401 g/mol. The lowest BCUT2D eigenvalue weighted by molar-refractivity contribution is -0.384. The Bertz CT molecular complexity index is 1200. The highest BCUT2D eigenvalue weighted by Gasteiger charge is 2.14. The van der Waals surface area contributed by atoms with E-state index in [-0.39, 0.29) is 18.1 Å². The molecule has 1 heterocycles. The zero-order chi connectivity index (χ0) is 20.9. The molecule has 8 nitrogen and oxygen atoms in total. The average Bonchev–Trinajstić information content (AvgIpc) is 3.10. The number of fused-ring (bicyclic) bond motifs is 1. The standard InChI is InChI=1S/C22H19N5O3/c28-21(24-17-9-6-10-18(13-17)27(29)30)15-26-20-12-5-4-11-19(20)25-22(26)23-14-16-7-2-1-3-8-16/h1-13H,14-15H2,(H,23,25)(H,24,28). The van der Waals surface area contributed by atoms with Gasteiger partial charge in [-0.05, 0) is 23.8 Å². The van der Waals surface area contributed by atoms with E-state index in [2.05, 4.69) is 15.6 Å². The van der Waals surface area contributed by atoms with Crippen molar-refractivity contribution in [1.82, 2.24) is 9.55 Å². The van der Waals surface area contributed by atoms with Crippen LogP contribution in [0.1, 0.15) is 5.56 Å². The summed E-state index contributed by atoms with van der Waals surface area (Å²) >= 11 is 0.